The zero-order chi connectivity index (χ0) is 27.3. The topological polar surface area (TPSA) is 34.5 Å². The Kier molecular flexibility index (Phi) is 7.15. The van der Waals surface area contributed by atoms with Crippen LogP contribution in [0.3, 0.4) is 0 Å². The summed E-state index contributed by atoms with van der Waals surface area (Å²) >= 11 is 0.941. The Bertz CT molecular complexity index is 1320. The Balaban J connectivity index is 1.85. The first kappa shape index (κ1) is 27.5. The van der Waals surface area contributed by atoms with Crippen molar-refractivity contribution in [3.05, 3.63) is 41.5 Å². The predicted octanol–water partition coefficient (Wildman–Crippen LogP) is 8.52. The molecule has 0 aliphatic carbocycles. The maximum Gasteiger partial charge on any atom is 0.417 e. The van der Waals surface area contributed by atoms with Gasteiger partial charge in [0.05, 0.1) is 16.6 Å². The molecule has 3 aromatic rings. The van der Waals surface area contributed by atoms with Crippen LogP contribution in [0.15, 0.2) is 35.2 Å². The minimum absolute atomic E-state index is 0.00380. The highest BCUT2D eigenvalue weighted by Gasteiger charge is 2.36. The third-order valence-corrected chi connectivity index (χ3v) is 7.25. The molecule has 1 fully saturated rings. The van der Waals surface area contributed by atoms with Crippen molar-refractivity contribution in [2.45, 2.75) is 68.9 Å². The van der Waals surface area contributed by atoms with Gasteiger partial charge >= 0.3 is 18.4 Å². The molecule has 202 valence electrons. The van der Waals surface area contributed by atoms with Crippen LogP contribution in [0.2, 0.25) is 0 Å². The number of amides is 1. The molecule has 11 heteroatoms. The second kappa shape index (κ2) is 9.63. The van der Waals surface area contributed by atoms with Crippen molar-refractivity contribution in [2.24, 2.45) is 0 Å². The highest BCUT2D eigenvalue weighted by atomic mass is 32.2. The molecule has 1 aliphatic rings. The molecule has 0 unspecified atom stereocenters. The van der Waals surface area contributed by atoms with Crippen LogP contribution in [0.4, 0.5) is 31.1 Å². The fourth-order valence-corrected chi connectivity index (χ4v) is 5.51. The second-order valence-corrected chi connectivity index (χ2v) is 11.1. The van der Waals surface area contributed by atoms with E-state index in [-0.39, 0.29) is 21.7 Å². The van der Waals surface area contributed by atoms with Crippen molar-refractivity contribution in [3.63, 3.8) is 0 Å². The number of carbonyl (C=O) groups is 1. The summed E-state index contributed by atoms with van der Waals surface area (Å²) < 4.78 is 89.4. The summed E-state index contributed by atoms with van der Waals surface area (Å²) in [5.74, 6) is 0. The van der Waals surface area contributed by atoms with Crippen LogP contribution in [0.25, 0.3) is 21.8 Å². The number of thioether (sulfide) groups is 1. The smallest absolute Gasteiger partial charge is 0.417 e. The molecule has 37 heavy (non-hydrogen) atoms. The van der Waals surface area contributed by atoms with Crippen LogP contribution in [0, 0.1) is 0 Å². The average molecular weight is 547 g/mol. The molecule has 1 amide bonds. The summed E-state index contributed by atoms with van der Waals surface area (Å²) in [6.07, 6.45) is -6.49. The molecule has 1 aliphatic heterocycles. The largest absolute Gasteiger partial charge is 0.444 e. The van der Waals surface area contributed by atoms with Crippen LogP contribution >= 0.6 is 11.8 Å². The van der Waals surface area contributed by atoms with Crippen molar-refractivity contribution >= 4 is 39.7 Å². The molecule has 0 radical (unpaired) electrons. The van der Waals surface area contributed by atoms with Crippen molar-refractivity contribution in [1.29, 1.82) is 0 Å². The van der Waals surface area contributed by atoms with Crippen LogP contribution in [-0.4, -0.2) is 40.5 Å². The monoisotopic (exact) mass is 546 g/mol. The summed E-state index contributed by atoms with van der Waals surface area (Å²) in [6, 6.07) is 5.38. The Morgan fingerprint density at radius 1 is 0.919 bits per heavy atom. The molecule has 2 heterocycles. The van der Waals surface area contributed by atoms with Crippen LogP contribution < -0.4 is 0 Å². The van der Waals surface area contributed by atoms with E-state index in [9.17, 15) is 31.1 Å². The Labute approximate surface area is 214 Å². The first-order chi connectivity index (χ1) is 17.1. The normalized spacial score (nSPS) is 17.9. The lowest BCUT2D eigenvalue weighted by Crippen LogP contribution is -2.37. The van der Waals surface area contributed by atoms with Crippen LogP contribution in [0.5, 0.6) is 0 Å². The Morgan fingerprint density at radius 2 is 1.59 bits per heavy atom. The average Bonchev–Trinajstić information content (AvgIpc) is 2.91. The maximum atomic E-state index is 13.8. The molecule has 2 aromatic carbocycles. The summed E-state index contributed by atoms with van der Waals surface area (Å²) in [4.78, 5) is 14.2. The lowest BCUT2D eigenvalue weighted by atomic mass is 10.1. The van der Waals surface area contributed by atoms with E-state index in [4.69, 9.17) is 4.74 Å². The predicted molar refractivity (Wildman–Crippen MR) is 132 cm³/mol. The molecular formula is C26H28F6N2O2S. The fourth-order valence-electron chi connectivity index (χ4n) is 4.88. The molecular weight excluding hydrogens is 518 g/mol. The van der Waals surface area contributed by atoms with E-state index in [2.05, 4.69) is 0 Å². The Morgan fingerprint density at radius 3 is 2.19 bits per heavy atom. The number of nitrogens with zero attached hydrogens (tertiary/aromatic N) is 2. The SMILES string of the molecule is CSc1cc2c(cc1C(F)(F)F)c1cc(C(F)(F)F)ccc1n2[C@@H]1CCCN(C(=O)OC(C)(C)C)CC1. The molecule has 1 atom stereocenters. The summed E-state index contributed by atoms with van der Waals surface area (Å²) in [7, 11) is 0. The van der Waals surface area contributed by atoms with Gasteiger partial charge < -0.3 is 14.2 Å². The van der Waals surface area contributed by atoms with E-state index in [0.29, 0.717) is 43.4 Å². The number of rotatable bonds is 2. The highest BCUT2D eigenvalue weighted by Crippen LogP contribution is 2.44. The van der Waals surface area contributed by atoms with Gasteiger partial charge in [0.15, 0.2) is 0 Å². The maximum absolute atomic E-state index is 13.8. The molecule has 1 saturated heterocycles. The van der Waals surface area contributed by atoms with Gasteiger partial charge in [-0.05, 0) is 76.6 Å². The third-order valence-electron chi connectivity index (χ3n) is 6.47. The number of hydrogen-bond donors (Lipinski definition) is 0. The lowest BCUT2D eigenvalue weighted by Gasteiger charge is -2.26. The van der Waals surface area contributed by atoms with Gasteiger partial charge in [0, 0.05) is 40.3 Å². The number of hydrogen-bond acceptors (Lipinski definition) is 3. The number of ether oxygens (including phenoxy) is 1. The van der Waals surface area contributed by atoms with E-state index in [1.165, 1.54) is 18.4 Å². The Hall–Kier alpha value is -2.56. The molecule has 1 aromatic heterocycles. The molecule has 0 bridgehead atoms. The minimum Gasteiger partial charge on any atom is -0.444 e. The quantitative estimate of drug-likeness (QED) is 0.239. The van der Waals surface area contributed by atoms with Gasteiger partial charge in [0.1, 0.15) is 5.60 Å². The van der Waals surface area contributed by atoms with E-state index in [1.54, 1.807) is 25.7 Å². The van der Waals surface area contributed by atoms with E-state index >= 15 is 0 Å². The van der Waals surface area contributed by atoms with Gasteiger partial charge in [-0.2, -0.15) is 26.3 Å². The van der Waals surface area contributed by atoms with Gasteiger partial charge in [-0.1, -0.05) is 0 Å². The highest BCUT2D eigenvalue weighted by molar-refractivity contribution is 7.98. The van der Waals surface area contributed by atoms with Gasteiger partial charge in [0.2, 0.25) is 0 Å². The van der Waals surface area contributed by atoms with Crippen LogP contribution in [-0.2, 0) is 17.1 Å². The first-order valence-electron chi connectivity index (χ1n) is 11.9. The molecule has 0 N–H and O–H groups in total. The van der Waals surface area contributed by atoms with Crippen molar-refractivity contribution in [2.75, 3.05) is 19.3 Å². The van der Waals surface area contributed by atoms with Gasteiger partial charge in [-0.3, -0.25) is 0 Å². The molecule has 4 rings (SSSR count). The minimum atomic E-state index is -4.65. The van der Waals surface area contributed by atoms with Gasteiger partial charge in [-0.15, -0.1) is 11.8 Å². The number of likely N-dealkylation sites (tertiary alicyclic amines) is 1. The van der Waals surface area contributed by atoms with Crippen molar-refractivity contribution in [1.82, 2.24) is 9.47 Å². The van der Waals surface area contributed by atoms with E-state index in [0.717, 1.165) is 30.0 Å². The molecule has 4 nitrogen and oxygen atoms in total. The number of fused-ring (bicyclic) bond motifs is 3. The molecule has 0 spiro atoms. The number of alkyl halides is 6. The standard InChI is InChI=1S/C26H28F6N2O2S/c1-24(2,3)36-23(35)33-10-5-6-16(9-11-33)34-20-8-7-15(25(27,28)29)12-17(20)18-13-19(26(30,31)32)22(37-4)14-21(18)34/h7-8,12-14,16H,5-6,9-11H2,1-4H3/t16-/m1/s1. The van der Waals surface area contributed by atoms with Crippen molar-refractivity contribution < 1.29 is 35.9 Å². The zero-order valence-corrected chi connectivity index (χ0v) is 21.7. The summed E-state index contributed by atoms with van der Waals surface area (Å²) in [6.45, 7) is 6.14. The number of benzene rings is 2. The van der Waals surface area contributed by atoms with Gasteiger partial charge in [0.25, 0.3) is 0 Å². The van der Waals surface area contributed by atoms with E-state index < -0.39 is 35.2 Å². The molecule has 0 saturated carbocycles. The van der Waals surface area contributed by atoms with Crippen LogP contribution in [0.1, 0.15) is 57.2 Å². The summed E-state index contributed by atoms with van der Waals surface area (Å²) in [5.41, 5.74) is -1.57. The number of aromatic nitrogens is 1. The fraction of sp³-hybridized carbons (Fsp3) is 0.500. The van der Waals surface area contributed by atoms with Crippen molar-refractivity contribution in [3.8, 4) is 0 Å². The third kappa shape index (κ3) is 5.66. The lowest BCUT2D eigenvalue weighted by molar-refractivity contribution is -0.139. The second-order valence-electron chi connectivity index (χ2n) is 10.2. The first-order valence-corrected chi connectivity index (χ1v) is 13.1. The number of halogens is 6. The van der Waals surface area contributed by atoms with Gasteiger partial charge in [-0.25, -0.2) is 4.79 Å². The van der Waals surface area contributed by atoms with E-state index in [1.807, 2.05) is 4.57 Å². The number of carbonyl (C=O) groups excluding carboxylic acids is 1. The zero-order valence-electron chi connectivity index (χ0n) is 20.9. The summed E-state index contributed by atoms with van der Waals surface area (Å²) in [5, 5.41) is 0.246.